The molecule has 1 aromatic heterocycles. The van der Waals surface area contributed by atoms with Gasteiger partial charge in [0.25, 0.3) is 0 Å². The number of anilines is 1. The van der Waals surface area contributed by atoms with Crippen molar-refractivity contribution in [1.82, 2.24) is 14.8 Å². The standard InChI is InChI=1S/C6H8N4/c1-4-3-10-6(7-4)8-5(2)9-10/h1,3H2,2H3,(H,7,8,9). The Morgan fingerprint density at radius 1 is 1.70 bits per heavy atom. The van der Waals surface area contributed by atoms with E-state index in [1.54, 1.807) is 4.68 Å². The summed E-state index contributed by atoms with van der Waals surface area (Å²) in [7, 11) is 0. The molecule has 2 heterocycles. The molecule has 0 amide bonds. The van der Waals surface area contributed by atoms with Gasteiger partial charge in [0.1, 0.15) is 5.82 Å². The number of allylic oxidation sites excluding steroid dienone is 1. The average Bonchev–Trinajstić information content (AvgIpc) is 2.21. The molecule has 1 N–H and O–H groups in total. The summed E-state index contributed by atoms with van der Waals surface area (Å²) >= 11 is 0. The maximum absolute atomic E-state index is 4.12. The van der Waals surface area contributed by atoms with E-state index >= 15 is 0 Å². The van der Waals surface area contributed by atoms with Crippen LogP contribution < -0.4 is 5.32 Å². The molecule has 10 heavy (non-hydrogen) atoms. The summed E-state index contributed by atoms with van der Waals surface area (Å²) in [6.07, 6.45) is 0. The van der Waals surface area contributed by atoms with Gasteiger partial charge >= 0.3 is 0 Å². The fourth-order valence-electron chi connectivity index (χ4n) is 1.04. The largest absolute Gasteiger partial charge is 0.327 e. The molecule has 52 valence electrons. The summed E-state index contributed by atoms with van der Waals surface area (Å²) in [6.45, 7) is 6.38. The molecule has 0 atom stereocenters. The first-order valence-electron chi connectivity index (χ1n) is 3.12. The van der Waals surface area contributed by atoms with Crippen molar-refractivity contribution in [2.75, 3.05) is 5.32 Å². The Balaban J connectivity index is 2.47. The first kappa shape index (κ1) is 5.46. The fraction of sp³-hybridized carbons (Fsp3) is 0.333. The minimum atomic E-state index is 0.746. The Kier molecular flexibility index (Phi) is 0.869. The smallest absolute Gasteiger partial charge is 0.226 e. The van der Waals surface area contributed by atoms with Crippen LogP contribution in [0.25, 0.3) is 0 Å². The lowest BCUT2D eigenvalue weighted by Gasteiger charge is -1.89. The van der Waals surface area contributed by atoms with E-state index in [1.807, 2.05) is 6.92 Å². The molecule has 4 nitrogen and oxygen atoms in total. The third-order valence-electron chi connectivity index (χ3n) is 1.41. The molecule has 2 rings (SSSR count). The summed E-state index contributed by atoms with van der Waals surface area (Å²) in [4.78, 5) is 4.12. The Labute approximate surface area is 58.6 Å². The lowest BCUT2D eigenvalue weighted by molar-refractivity contribution is 0.719. The van der Waals surface area contributed by atoms with Crippen LogP contribution in [0.2, 0.25) is 0 Å². The van der Waals surface area contributed by atoms with E-state index in [0.29, 0.717) is 0 Å². The van der Waals surface area contributed by atoms with Gasteiger partial charge in [0.15, 0.2) is 0 Å². The molecule has 0 saturated heterocycles. The zero-order chi connectivity index (χ0) is 7.14. The van der Waals surface area contributed by atoms with Gasteiger partial charge in [0.2, 0.25) is 5.95 Å². The van der Waals surface area contributed by atoms with Crippen molar-refractivity contribution in [3.63, 3.8) is 0 Å². The Morgan fingerprint density at radius 3 is 3.20 bits per heavy atom. The van der Waals surface area contributed by atoms with Gasteiger partial charge in [0.05, 0.1) is 6.54 Å². The number of fused-ring (bicyclic) bond motifs is 1. The molecule has 0 bridgehead atoms. The van der Waals surface area contributed by atoms with E-state index in [0.717, 1.165) is 24.0 Å². The number of hydrogen-bond donors (Lipinski definition) is 1. The van der Waals surface area contributed by atoms with Crippen LogP contribution in [0.4, 0.5) is 5.95 Å². The minimum absolute atomic E-state index is 0.746. The second kappa shape index (κ2) is 1.59. The summed E-state index contributed by atoms with van der Waals surface area (Å²) in [5.74, 6) is 1.61. The Hall–Kier alpha value is -1.32. The van der Waals surface area contributed by atoms with Crippen LogP contribution in [0.1, 0.15) is 5.82 Å². The minimum Gasteiger partial charge on any atom is -0.327 e. The second-order valence-corrected chi connectivity index (χ2v) is 2.37. The molecule has 0 unspecified atom stereocenters. The van der Waals surface area contributed by atoms with Crippen LogP contribution in [0, 0.1) is 6.92 Å². The summed E-state index contributed by atoms with van der Waals surface area (Å²) in [5, 5.41) is 7.14. The first-order chi connectivity index (χ1) is 4.75. The predicted molar refractivity (Wildman–Crippen MR) is 37.5 cm³/mol. The summed E-state index contributed by atoms with van der Waals surface area (Å²) < 4.78 is 1.80. The number of nitrogens with one attached hydrogen (secondary N) is 1. The van der Waals surface area contributed by atoms with Crippen LogP contribution in [-0.2, 0) is 6.54 Å². The zero-order valence-corrected chi connectivity index (χ0v) is 5.76. The van der Waals surface area contributed by atoms with Crippen molar-refractivity contribution in [2.24, 2.45) is 0 Å². The van der Waals surface area contributed by atoms with Crippen molar-refractivity contribution in [3.05, 3.63) is 18.1 Å². The number of hydrogen-bond acceptors (Lipinski definition) is 3. The lowest BCUT2D eigenvalue weighted by Crippen LogP contribution is -1.94. The molecule has 1 aromatic rings. The Morgan fingerprint density at radius 2 is 2.50 bits per heavy atom. The molecule has 4 heteroatoms. The molecule has 0 aliphatic carbocycles. The van der Waals surface area contributed by atoms with Crippen molar-refractivity contribution < 1.29 is 0 Å². The molecule has 1 aliphatic rings. The van der Waals surface area contributed by atoms with E-state index in [9.17, 15) is 0 Å². The van der Waals surface area contributed by atoms with Crippen molar-refractivity contribution in [2.45, 2.75) is 13.5 Å². The third-order valence-corrected chi connectivity index (χ3v) is 1.41. The lowest BCUT2D eigenvalue weighted by atomic mass is 10.5. The van der Waals surface area contributed by atoms with Gasteiger partial charge in [-0.05, 0) is 6.92 Å². The Bertz CT molecular complexity index is 260. The fourth-order valence-corrected chi connectivity index (χ4v) is 1.04. The monoisotopic (exact) mass is 136 g/mol. The van der Waals surface area contributed by atoms with E-state index in [4.69, 9.17) is 0 Å². The van der Waals surface area contributed by atoms with Gasteiger partial charge in [-0.1, -0.05) is 6.58 Å². The molecule has 0 radical (unpaired) electrons. The van der Waals surface area contributed by atoms with Crippen LogP contribution >= 0.6 is 0 Å². The van der Waals surface area contributed by atoms with Gasteiger partial charge in [-0.25, -0.2) is 4.68 Å². The van der Waals surface area contributed by atoms with Crippen molar-refractivity contribution >= 4 is 5.95 Å². The van der Waals surface area contributed by atoms with Gasteiger partial charge in [-0.2, -0.15) is 10.1 Å². The SMILES string of the molecule is C=C1Cn2nc(C)nc2N1. The number of nitrogens with zero attached hydrogens (tertiary/aromatic N) is 3. The molecule has 1 aliphatic heterocycles. The maximum atomic E-state index is 4.12. The molecule has 0 fully saturated rings. The maximum Gasteiger partial charge on any atom is 0.226 e. The van der Waals surface area contributed by atoms with E-state index in [-0.39, 0.29) is 0 Å². The van der Waals surface area contributed by atoms with Gasteiger partial charge in [-0.3, -0.25) is 0 Å². The molecule has 0 saturated carbocycles. The highest BCUT2D eigenvalue weighted by atomic mass is 15.4. The highest BCUT2D eigenvalue weighted by Crippen LogP contribution is 2.15. The van der Waals surface area contributed by atoms with E-state index < -0.39 is 0 Å². The molecule has 0 spiro atoms. The topological polar surface area (TPSA) is 42.7 Å². The third kappa shape index (κ3) is 0.618. The van der Waals surface area contributed by atoms with E-state index in [2.05, 4.69) is 22.0 Å². The zero-order valence-electron chi connectivity index (χ0n) is 5.76. The molecule has 0 aromatic carbocycles. The summed E-state index contributed by atoms with van der Waals surface area (Å²) in [6, 6.07) is 0. The second-order valence-electron chi connectivity index (χ2n) is 2.37. The number of aromatic nitrogens is 3. The van der Waals surface area contributed by atoms with Gasteiger partial charge in [-0.15, -0.1) is 0 Å². The number of rotatable bonds is 0. The summed E-state index contributed by atoms with van der Waals surface area (Å²) in [5.41, 5.74) is 0.954. The molecular weight excluding hydrogens is 128 g/mol. The van der Waals surface area contributed by atoms with Crippen LogP contribution in [0.5, 0.6) is 0 Å². The van der Waals surface area contributed by atoms with Crippen LogP contribution in [0.3, 0.4) is 0 Å². The van der Waals surface area contributed by atoms with Gasteiger partial charge < -0.3 is 5.32 Å². The van der Waals surface area contributed by atoms with Crippen LogP contribution in [0.15, 0.2) is 12.3 Å². The van der Waals surface area contributed by atoms with Crippen LogP contribution in [-0.4, -0.2) is 14.8 Å². The highest BCUT2D eigenvalue weighted by molar-refractivity contribution is 5.39. The quantitative estimate of drug-likeness (QED) is 0.565. The van der Waals surface area contributed by atoms with Gasteiger partial charge in [0, 0.05) is 5.70 Å². The normalized spacial score (nSPS) is 15.1. The van der Waals surface area contributed by atoms with Crippen molar-refractivity contribution in [1.29, 1.82) is 0 Å². The predicted octanol–water partition coefficient (Wildman–Crippen LogP) is 0.526. The van der Waals surface area contributed by atoms with Crippen molar-refractivity contribution in [3.8, 4) is 0 Å². The van der Waals surface area contributed by atoms with E-state index in [1.165, 1.54) is 0 Å². The molecular formula is C6H8N4. The first-order valence-corrected chi connectivity index (χ1v) is 3.12. The number of aryl methyl sites for hydroxylation is 1. The average molecular weight is 136 g/mol. The highest BCUT2D eigenvalue weighted by Gasteiger charge is 2.14.